The molecule has 0 aliphatic rings. The van der Waals surface area contributed by atoms with Gasteiger partial charge in [0.25, 0.3) is 5.91 Å². The molecule has 3 rings (SSSR count). The zero-order valence-electron chi connectivity index (χ0n) is 23.0. The Morgan fingerprint density at radius 2 is 1.63 bits per heavy atom. The minimum atomic E-state index is -1.55. The van der Waals surface area contributed by atoms with Gasteiger partial charge in [0.15, 0.2) is 5.69 Å². The van der Waals surface area contributed by atoms with Crippen molar-refractivity contribution in [3.8, 4) is 5.88 Å². The number of nitrogens with zero attached hydrogens (tertiary/aromatic N) is 2. The fraction of sp³-hybridized carbons (Fsp3) is 0.370. The number of aliphatic hydroxyl groups excluding tert-OH is 5. The number of fused-ring (bicyclic) bond motifs is 1. The number of hydrogen-bond donors (Lipinski definition) is 10. The molecule has 0 radical (unpaired) electrons. The average molecular weight is 715 g/mol. The molecule has 10 N–H and O–H groups in total. The Bertz CT molecular complexity index is 1400. The number of halogens is 1. The van der Waals surface area contributed by atoms with Crippen molar-refractivity contribution in [2.75, 3.05) is 25.5 Å². The molecular formula is C27H34IN5O10. The number of aliphatic hydroxyl groups is 5. The molecule has 4 atom stereocenters. The first-order chi connectivity index (χ1) is 20.4. The van der Waals surface area contributed by atoms with E-state index in [9.17, 15) is 24.6 Å². The molecule has 0 saturated carbocycles. The molecule has 1 aromatic heterocycles. The summed E-state index contributed by atoms with van der Waals surface area (Å²) < 4.78 is 0.947. The average Bonchev–Trinajstić information content (AvgIpc) is 3.28. The number of H-pyrrole nitrogens is 1. The quantitative estimate of drug-likeness (QED) is 0.0890. The molecular weight excluding hydrogens is 681 g/mol. The summed E-state index contributed by atoms with van der Waals surface area (Å²) in [4.78, 5) is 37.3. The van der Waals surface area contributed by atoms with Gasteiger partial charge in [-0.3, -0.25) is 14.4 Å². The third kappa shape index (κ3) is 11.2. The summed E-state index contributed by atoms with van der Waals surface area (Å²) in [5.74, 6) is -2.03. The van der Waals surface area contributed by atoms with Crippen molar-refractivity contribution in [2.45, 2.75) is 43.7 Å². The summed E-state index contributed by atoms with van der Waals surface area (Å²) in [7, 11) is 1.57. The van der Waals surface area contributed by atoms with Crippen LogP contribution in [0.3, 0.4) is 0 Å². The van der Waals surface area contributed by atoms with Crippen LogP contribution in [0.15, 0.2) is 52.7 Å². The Morgan fingerprint density at radius 1 is 0.977 bits per heavy atom. The molecule has 2 amide bonds. The van der Waals surface area contributed by atoms with Crippen molar-refractivity contribution in [2.24, 2.45) is 10.2 Å². The fourth-order valence-corrected chi connectivity index (χ4v) is 4.09. The van der Waals surface area contributed by atoms with E-state index in [2.05, 4.69) is 48.4 Å². The minimum absolute atomic E-state index is 0.0724. The summed E-state index contributed by atoms with van der Waals surface area (Å²) in [6.07, 6.45) is -5.38. The molecule has 1 heterocycles. The van der Waals surface area contributed by atoms with E-state index in [4.69, 9.17) is 25.5 Å². The number of anilines is 1. The summed E-state index contributed by atoms with van der Waals surface area (Å²) in [5, 5.41) is 77.0. The number of aromatic amines is 1. The van der Waals surface area contributed by atoms with Gasteiger partial charge in [0.1, 0.15) is 18.3 Å². The summed E-state index contributed by atoms with van der Waals surface area (Å²) >= 11 is 2.14. The van der Waals surface area contributed by atoms with Gasteiger partial charge in [0.2, 0.25) is 11.8 Å². The third-order valence-electron chi connectivity index (χ3n) is 5.90. The number of aliphatic carboxylic acids is 1. The number of nitrogens with one attached hydrogen (secondary N) is 3. The Hall–Kier alpha value is -3.52. The zero-order chi connectivity index (χ0) is 32.1. The predicted octanol–water partition coefficient (Wildman–Crippen LogP) is 1.24. The number of aromatic nitrogens is 1. The first-order valence-corrected chi connectivity index (χ1v) is 14.0. The molecule has 0 unspecified atom stereocenters. The lowest BCUT2D eigenvalue weighted by Gasteiger charge is -2.25. The maximum absolute atomic E-state index is 12.3. The van der Waals surface area contributed by atoms with Crippen LogP contribution in [0.1, 0.15) is 29.6 Å². The van der Waals surface area contributed by atoms with Crippen LogP contribution < -0.4 is 10.6 Å². The van der Waals surface area contributed by atoms with E-state index < -0.39 is 42.9 Å². The van der Waals surface area contributed by atoms with Crippen molar-refractivity contribution in [3.05, 3.63) is 51.6 Å². The molecule has 15 nitrogen and oxygen atoms in total. The van der Waals surface area contributed by atoms with Gasteiger partial charge in [-0.25, -0.2) is 0 Å². The van der Waals surface area contributed by atoms with Gasteiger partial charge in [0.05, 0.1) is 18.2 Å². The van der Waals surface area contributed by atoms with Crippen LogP contribution in [-0.2, 0) is 9.59 Å². The molecule has 0 bridgehead atoms. The number of likely N-dealkylation sites (N-methyl/N-ethyl adjacent to an activating group) is 1. The Labute approximate surface area is 259 Å². The van der Waals surface area contributed by atoms with Crippen LogP contribution in [0.4, 0.5) is 11.4 Å². The molecule has 0 aliphatic heterocycles. The van der Waals surface area contributed by atoms with E-state index >= 15 is 0 Å². The van der Waals surface area contributed by atoms with E-state index in [0.29, 0.717) is 16.6 Å². The lowest BCUT2D eigenvalue weighted by atomic mass is 10.0. The molecule has 0 saturated heterocycles. The number of azo groups is 1. The predicted molar refractivity (Wildman–Crippen MR) is 163 cm³/mol. The van der Waals surface area contributed by atoms with Gasteiger partial charge in [-0.2, -0.15) is 0 Å². The lowest BCUT2D eigenvalue weighted by molar-refractivity contribution is -0.137. The van der Waals surface area contributed by atoms with Gasteiger partial charge >= 0.3 is 5.97 Å². The second kappa shape index (κ2) is 17.6. The number of carboxylic acids is 1. The number of carbonyl (C=O) groups is 3. The Balaban J connectivity index is 0.000000420. The van der Waals surface area contributed by atoms with Crippen molar-refractivity contribution in [1.82, 2.24) is 10.3 Å². The van der Waals surface area contributed by atoms with Gasteiger partial charge in [-0.1, -0.05) is 0 Å². The summed E-state index contributed by atoms with van der Waals surface area (Å²) in [5.41, 5.74) is 1.60. The Kier molecular flexibility index (Phi) is 14.6. The molecule has 0 aliphatic carbocycles. The monoisotopic (exact) mass is 715 g/mol. The third-order valence-corrected chi connectivity index (χ3v) is 6.57. The van der Waals surface area contributed by atoms with Gasteiger partial charge in [-0.15, -0.1) is 10.2 Å². The summed E-state index contributed by atoms with van der Waals surface area (Å²) in [6, 6.07) is 11.6. The molecule has 0 spiro atoms. The fourth-order valence-electron chi connectivity index (χ4n) is 3.60. The van der Waals surface area contributed by atoms with Crippen LogP contribution in [0.5, 0.6) is 5.88 Å². The standard InChI is InChI=1S/C20H17IN4O5.C7H17NO5/c21-12-6-9-15-14(10-12)18(20(30)23-15)24-25-19(29)11-4-7-13(8-5-11)22-16(26)2-1-3-17(27)28;1-8-2-4(10)6(12)7(13)5(11)3-9/h4-10,23,30H,1-3H2,(H,22,26)(H,27,28);4-13H,2-3H2,1H3/t;4-,5+,6+,7+/m.0/s1. The van der Waals surface area contributed by atoms with Crippen LogP contribution in [0.2, 0.25) is 0 Å². The Morgan fingerprint density at radius 3 is 2.23 bits per heavy atom. The topological polar surface area (TPSA) is 257 Å². The molecule has 3 aromatic rings. The van der Waals surface area contributed by atoms with Gasteiger partial charge < -0.3 is 51.4 Å². The van der Waals surface area contributed by atoms with Crippen LogP contribution in [-0.4, -0.2) is 103 Å². The number of carbonyl (C=O) groups excluding carboxylic acids is 2. The van der Waals surface area contributed by atoms with Gasteiger partial charge in [-0.05, 0) is 78.5 Å². The van der Waals surface area contributed by atoms with Crippen molar-refractivity contribution < 1.29 is 50.1 Å². The van der Waals surface area contributed by atoms with Gasteiger partial charge in [0, 0.05) is 39.6 Å². The number of carboxylic acid groups (broad SMARTS) is 1. The number of aromatic hydroxyl groups is 1. The molecule has 234 valence electrons. The van der Waals surface area contributed by atoms with E-state index in [0.717, 1.165) is 3.57 Å². The normalized spacial score (nSPS) is 14.0. The van der Waals surface area contributed by atoms with E-state index in [1.54, 1.807) is 25.2 Å². The SMILES string of the molecule is CNC[C@H](O)[C@@H](O)[C@H](O)[C@H](O)CO.O=C(O)CCCC(=O)Nc1ccc(C(=O)N=Nc2c(O)[nH]c3ccc(I)cc23)cc1. The second-order valence-electron chi connectivity index (χ2n) is 9.25. The number of amides is 2. The smallest absolute Gasteiger partial charge is 0.303 e. The highest BCUT2D eigenvalue weighted by atomic mass is 127. The summed E-state index contributed by atoms with van der Waals surface area (Å²) in [6.45, 7) is -0.569. The van der Waals surface area contributed by atoms with E-state index in [1.807, 2.05) is 12.1 Å². The minimum Gasteiger partial charge on any atom is -0.493 e. The number of rotatable bonds is 13. The van der Waals surface area contributed by atoms with E-state index in [1.165, 1.54) is 12.1 Å². The number of hydrogen-bond acceptors (Lipinski definition) is 11. The molecule has 16 heteroatoms. The largest absolute Gasteiger partial charge is 0.493 e. The maximum atomic E-state index is 12.3. The van der Waals surface area contributed by atoms with Crippen LogP contribution >= 0.6 is 22.6 Å². The first kappa shape index (κ1) is 35.7. The molecule has 2 aromatic carbocycles. The van der Waals surface area contributed by atoms with Crippen molar-refractivity contribution in [1.29, 1.82) is 0 Å². The highest BCUT2D eigenvalue weighted by molar-refractivity contribution is 14.1. The first-order valence-electron chi connectivity index (χ1n) is 12.9. The van der Waals surface area contributed by atoms with E-state index in [-0.39, 0.29) is 48.8 Å². The zero-order valence-corrected chi connectivity index (χ0v) is 25.2. The maximum Gasteiger partial charge on any atom is 0.303 e. The number of benzene rings is 2. The highest BCUT2D eigenvalue weighted by Crippen LogP contribution is 2.36. The lowest BCUT2D eigenvalue weighted by Crippen LogP contribution is -2.48. The van der Waals surface area contributed by atoms with Crippen LogP contribution in [0, 0.1) is 3.57 Å². The molecule has 0 fully saturated rings. The van der Waals surface area contributed by atoms with Crippen LogP contribution in [0.25, 0.3) is 10.9 Å². The second-order valence-corrected chi connectivity index (χ2v) is 10.5. The van der Waals surface area contributed by atoms with Crippen molar-refractivity contribution in [3.63, 3.8) is 0 Å². The molecule has 43 heavy (non-hydrogen) atoms. The highest BCUT2D eigenvalue weighted by Gasteiger charge is 2.29. The van der Waals surface area contributed by atoms with Crippen molar-refractivity contribution >= 4 is 62.7 Å².